The maximum atomic E-state index is 12.0. The number of phenols is 11. The number of aliphatic hydroxyl groups is 2. The van der Waals surface area contributed by atoms with E-state index in [1.54, 1.807) is 0 Å². The Hall–Kier alpha value is -6.58. The molecular weight excluding hydrogens is 672 g/mol. The highest BCUT2D eigenvalue weighted by Crippen LogP contribution is 2.61. The zero-order valence-corrected chi connectivity index (χ0v) is 25.9. The van der Waals surface area contributed by atoms with Crippen LogP contribution >= 0.6 is 0 Å². The number of aliphatic hydroxyl groups excluding tert-OH is 2. The molecule has 0 saturated carbocycles. The van der Waals surface area contributed by atoms with Crippen molar-refractivity contribution < 1.29 is 75.9 Å². The molecule has 0 fully saturated rings. The Bertz CT molecular complexity index is 2190. The van der Waals surface area contributed by atoms with Crippen LogP contribution in [0, 0.1) is 0 Å². The second kappa shape index (κ2) is 11.8. The number of phenolic OH excluding ortho intramolecular Hbond substituents is 11. The van der Waals surface area contributed by atoms with Crippen LogP contribution in [-0.4, -0.2) is 78.6 Å². The van der Waals surface area contributed by atoms with E-state index in [9.17, 15) is 66.4 Å². The van der Waals surface area contributed by atoms with Gasteiger partial charge in [-0.3, -0.25) is 0 Å². The molecule has 0 amide bonds. The monoisotopic (exact) mass is 702 g/mol. The fourth-order valence-corrected chi connectivity index (χ4v) is 7.02. The van der Waals surface area contributed by atoms with Gasteiger partial charge in [0.1, 0.15) is 64.0 Å². The number of rotatable bonds is 4. The van der Waals surface area contributed by atoms with Crippen LogP contribution in [-0.2, 0) is 0 Å². The van der Waals surface area contributed by atoms with Crippen LogP contribution in [0.1, 0.15) is 57.4 Å². The maximum absolute atomic E-state index is 12.0. The van der Waals surface area contributed by atoms with Gasteiger partial charge in [-0.05, 0) is 35.4 Å². The fourth-order valence-electron chi connectivity index (χ4n) is 7.02. The van der Waals surface area contributed by atoms with E-state index in [4.69, 9.17) is 9.47 Å². The first kappa shape index (κ1) is 32.9. The molecule has 51 heavy (non-hydrogen) atoms. The third-order valence-corrected chi connectivity index (χ3v) is 9.24. The minimum Gasteiger partial charge on any atom is -0.508 e. The highest BCUT2D eigenvalue weighted by atomic mass is 16.5. The van der Waals surface area contributed by atoms with Crippen molar-refractivity contribution in [2.75, 3.05) is 0 Å². The van der Waals surface area contributed by atoms with E-state index in [0.717, 1.165) is 54.6 Å². The first-order chi connectivity index (χ1) is 24.2. The number of hydrogen-bond acceptors (Lipinski definition) is 15. The van der Waals surface area contributed by atoms with Crippen LogP contribution in [0.15, 0.2) is 66.7 Å². The fraction of sp³-hybridized carbons (Fsp3) is 0.167. The van der Waals surface area contributed by atoms with Crippen LogP contribution in [0.2, 0.25) is 0 Å². The molecular formula is C36H30O15. The summed E-state index contributed by atoms with van der Waals surface area (Å²) in [6.45, 7) is 0. The highest BCUT2D eigenvalue weighted by molar-refractivity contribution is 5.69. The van der Waals surface area contributed by atoms with Gasteiger partial charge in [0.05, 0.1) is 11.8 Å². The van der Waals surface area contributed by atoms with Crippen molar-refractivity contribution in [2.45, 2.75) is 36.3 Å². The van der Waals surface area contributed by atoms with Gasteiger partial charge < -0.3 is 75.9 Å². The lowest BCUT2D eigenvalue weighted by Gasteiger charge is -2.42. The van der Waals surface area contributed by atoms with Crippen LogP contribution in [0.3, 0.4) is 0 Å². The number of ether oxygens (including phenoxy) is 2. The third kappa shape index (κ3) is 5.22. The molecule has 264 valence electrons. The summed E-state index contributed by atoms with van der Waals surface area (Å²) >= 11 is 0. The molecule has 0 bridgehead atoms. The second-order valence-corrected chi connectivity index (χ2v) is 12.4. The molecule has 0 aliphatic carbocycles. The summed E-state index contributed by atoms with van der Waals surface area (Å²) < 4.78 is 12.3. The second-order valence-electron chi connectivity index (χ2n) is 12.4. The average molecular weight is 703 g/mol. The minimum atomic E-state index is -1.81. The molecule has 2 heterocycles. The van der Waals surface area contributed by atoms with Crippen molar-refractivity contribution in [3.8, 4) is 74.7 Å². The molecule has 0 unspecified atom stereocenters. The van der Waals surface area contributed by atoms with E-state index in [0.29, 0.717) is 0 Å². The number of fused-ring (bicyclic) bond motifs is 2. The summed E-state index contributed by atoms with van der Waals surface area (Å²) in [4.78, 5) is 0. The van der Waals surface area contributed by atoms with Crippen molar-refractivity contribution in [3.63, 3.8) is 0 Å². The van der Waals surface area contributed by atoms with Crippen molar-refractivity contribution in [2.24, 2.45) is 0 Å². The van der Waals surface area contributed by atoms with E-state index in [1.807, 2.05) is 0 Å². The zero-order valence-electron chi connectivity index (χ0n) is 25.9. The topological polar surface area (TPSA) is 281 Å². The van der Waals surface area contributed by atoms with Crippen molar-refractivity contribution in [3.05, 3.63) is 100 Å². The van der Waals surface area contributed by atoms with E-state index < -0.39 is 111 Å². The van der Waals surface area contributed by atoms with Crippen LogP contribution < -0.4 is 9.47 Å². The van der Waals surface area contributed by atoms with Gasteiger partial charge in [0, 0.05) is 52.6 Å². The van der Waals surface area contributed by atoms with Gasteiger partial charge in [-0.1, -0.05) is 12.1 Å². The predicted octanol–water partition coefficient (Wildman–Crippen LogP) is 3.70. The normalized spacial score (nSPS) is 22.3. The van der Waals surface area contributed by atoms with Crippen LogP contribution in [0.4, 0.5) is 0 Å². The third-order valence-electron chi connectivity index (χ3n) is 9.24. The molecule has 6 atom stereocenters. The van der Waals surface area contributed by atoms with Gasteiger partial charge in [0.25, 0.3) is 0 Å². The summed E-state index contributed by atoms with van der Waals surface area (Å²) in [5.74, 6) is -10.4. The molecule has 2 aliphatic rings. The van der Waals surface area contributed by atoms with Gasteiger partial charge in [-0.15, -0.1) is 0 Å². The van der Waals surface area contributed by atoms with Gasteiger partial charge >= 0.3 is 0 Å². The summed E-state index contributed by atoms with van der Waals surface area (Å²) in [7, 11) is 0. The Labute approximate surface area is 286 Å². The van der Waals surface area contributed by atoms with Crippen LogP contribution in [0.5, 0.6) is 74.7 Å². The summed E-state index contributed by atoms with van der Waals surface area (Å²) in [5, 5.41) is 141. The Morgan fingerprint density at radius 1 is 0.373 bits per heavy atom. The lowest BCUT2D eigenvalue weighted by molar-refractivity contribution is -0.00356. The molecule has 13 N–H and O–H groups in total. The van der Waals surface area contributed by atoms with E-state index in [1.165, 1.54) is 12.1 Å². The van der Waals surface area contributed by atoms with Crippen LogP contribution in [0.25, 0.3) is 0 Å². The molecule has 2 aliphatic heterocycles. The lowest BCUT2D eigenvalue weighted by Crippen LogP contribution is -2.38. The standard InChI is InChI=1S/C36H30O15/c37-14-7-20(43)26(21(44)8-14)30-28-23(46)11-24(47)29(36(28)51-35(32(30)48)13-2-4-17(40)19(42)6-13)31-27-22(45)9-15(38)10-25(27)50-34(33(31)49)12-1-3-16(39)18(41)5-12/h1-11,30-35,37-49H/t30-,31+,32+,33+,34+,35+/m0/s1. The number of aromatic hydroxyl groups is 11. The number of hydrogen-bond donors (Lipinski definition) is 13. The molecule has 0 aromatic heterocycles. The molecule has 0 spiro atoms. The molecule has 5 aromatic carbocycles. The van der Waals surface area contributed by atoms with Gasteiger partial charge in [-0.2, -0.15) is 0 Å². The first-order valence-electron chi connectivity index (χ1n) is 15.3. The number of benzene rings is 5. The van der Waals surface area contributed by atoms with Gasteiger partial charge in [0.15, 0.2) is 35.2 Å². The van der Waals surface area contributed by atoms with E-state index >= 15 is 0 Å². The highest BCUT2D eigenvalue weighted by Gasteiger charge is 2.49. The quantitative estimate of drug-likeness (QED) is 0.119. The van der Waals surface area contributed by atoms with Crippen molar-refractivity contribution in [1.29, 1.82) is 0 Å². The summed E-state index contributed by atoms with van der Waals surface area (Å²) in [6.07, 6.45) is -6.57. The molecule has 5 aromatic rings. The predicted molar refractivity (Wildman–Crippen MR) is 173 cm³/mol. The Morgan fingerprint density at radius 2 is 0.784 bits per heavy atom. The SMILES string of the molecule is Oc1cc(O)c([C@H]2c3c(O)cc(O)c([C@H]4c5c(O)cc(O)cc5O[C@H](c5ccc(O)c(O)c5)[C@@H]4O)c3O[C@H](c3ccc(O)c(O)c3)[C@@H]2O)c(O)c1. The Balaban J connectivity index is 1.53. The zero-order chi connectivity index (χ0) is 36.6. The largest absolute Gasteiger partial charge is 0.508 e. The van der Waals surface area contributed by atoms with E-state index in [-0.39, 0.29) is 33.6 Å². The summed E-state index contributed by atoms with van der Waals surface area (Å²) in [6, 6.07) is 11.7. The van der Waals surface area contributed by atoms with Gasteiger partial charge in [-0.25, -0.2) is 0 Å². The maximum Gasteiger partial charge on any atom is 0.157 e. The van der Waals surface area contributed by atoms with E-state index in [2.05, 4.69) is 0 Å². The lowest BCUT2D eigenvalue weighted by atomic mass is 9.74. The van der Waals surface area contributed by atoms with Crippen molar-refractivity contribution in [1.82, 2.24) is 0 Å². The summed E-state index contributed by atoms with van der Waals surface area (Å²) in [5.41, 5.74) is -1.10. The first-order valence-corrected chi connectivity index (χ1v) is 15.3. The molecule has 15 nitrogen and oxygen atoms in total. The molecule has 0 saturated heterocycles. The molecule has 15 heteroatoms. The minimum absolute atomic E-state index is 0.0260. The molecule has 0 radical (unpaired) electrons. The van der Waals surface area contributed by atoms with Gasteiger partial charge in [0.2, 0.25) is 0 Å². The molecule has 7 rings (SSSR count). The Kier molecular flexibility index (Phi) is 7.61. The smallest absolute Gasteiger partial charge is 0.157 e. The average Bonchev–Trinajstić information content (AvgIpc) is 3.04. The Morgan fingerprint density at radius 3 is 1.27 bits per heavy atom. The van der Waals surface area contributed by atoms with Crippen molar-refractivity contribution >= 4 is 0 Å².